The van der Waals surface area contributed by atoms with Gasteiger partial charge in [-0.2, -0.15) is 5.10 Å². The lowest BCUT2D eigenvalue weighted by molar-refractivity contribution is 0.0991. The van der Waals surface area contributed by atoms with Gasteiger partial charge in [-0.15, -0.1) is 0 Å². The van der Waals surface area contributed by atoms with Gasteiger partial charge in [-0.25, -0.2) is 0 Å². The maximum atomic E-state index is 5.30. The molecule has 1 unspecified atom stereocenters. The molecular formula is C14H27N3O. The Morgan fingerprint density at radius 2 is 1.94 bits per heavy atom. The number of aromatic nitrogens is 2. The van der Waals surface area contributed by atoms with Crippen molar-refractivity contribution >= 4 is 0 Å². The zero-order valence-corrected chi connectivity index (χ0v) is 12.8. The molecule has 1 N–H and O–H groups in total. The average Bonchev–Trinajstić information content (AvgIpc) is 2.50. The highest BCUT2D eigenvalue weighted by atomic mass is 16.5. The van der Waals surface area contributed by atoms with Gasteiger partial charge in [0.1, 0.15) is 0 Å². The predicted octanol–water partition coefficient (Wildman–Crippen LogP) is 2.42. The second kappa shape index (κ2) is 5.85. The number of methoxy groups -OCH3 is 1. The van der Waals surface area contributed by atoms with Crippen LogP contribution in [0.2, 0.25) is 0 Å². The van der Waals surface area contributed by atoms with Crippen LogP contribution in [0.25, 0.3) is 0 Å². The molecule has 18 heavy (non-hydrogen) atoms. The Labute approximate surface area is 111 Å². The molecule has 0 aliphatic heterocycles. The van der Waals surface area contributed by atoms with Crippen LogP contribution in [-0.2, 0) is 17.8 Å². The Morgan fingerprint density at radius 3 is 2.44 bits per heavy atom. The summed E-state index contributed by atoms with van der Waals surface area (Å²) in [4.78, 5) is 0. The average molecular weight is 253 g/mol. The third-order valence-electron chi connectivity index (χ3n) is 3.16. The minimum atomic E-state index is 0.126. The van der Waals surface area contributed by atoms with E-state index in [-0.39, 0.29) is 11.6 Å². The van der Waals surface area contributed by atoms with Gasteiger partial charge in [-0.1, -0.05) is 0 Å². The molecule has 4 heteroatoms. The summed E-state index contributed by atoms with van der Waals surface area (Å²) in [5.41, 5.74) is 3.76. The molecule has 0 amide bonds. The molecule has 0 aromatic carbocycles. The van der Waals surface area contributed by atoms with Gasteiger partial charge >= 0.3 is 0 Å². The van der Waals surface area contributed by atoms with Crippen LogP contribution in [0.1, 0.15) is 44.6 Å². The highest BCUT2D eigenvalue weighted by Crippen LogP contribution is 2.15. The molecule has 0 fully saturated rings. The molecule has 0 aliphatic carbocycles. The quantitative estimate of drug-likeness (QED) is 0.876. The maximum absolute atomic E-state index is 5.30. The fraction of sp³-hybridized carbons (Fsp3) is 0.786. The van der Waals surface area contributed by atoms with E-state index in [4.69, 9.17) is 4.74 Å². The molecule has 1 heterocycles. The molecule has 104 valence electrons. The lowest BCUT2D eigenvalue weighted by Gasteiger charge is -2.20. The molecule has 1 atom stereocenters. The topological polar surface area (TPSA) is 39.1 Å². The number of aryl methyl sites for hydroxylation is 1. The van der Waals surface area contributed by atoms with Crippen molar-refractivity contribution in [3.63, 3.8) is 0 Å². The van der Waals surface area contributed by atoms with Crippen LogP contribution in [0.15, 0.2) is 0 Å². The second-order valence-corrected chi connectivity index (χ2v) is 5.98. The Balaban J connectivity index is 2.81. The van der Waals surface area contributed by atoms with Crippen molar-refractivity contribution in [1.29, 1.82) is 0 Å². The van der Waals surface area contributed by atoms with Crippen molar-refractivity contribution in [1.82, 2.24) is 15.1 Å². The summed E-state index contributed by atoms with van der Waals surface area (Å²) >= 11 is 0. The molecular weight excluding hydrogens is 226 g/mol. The summed E-state index contributed by atoms with van der Waals surface area (Å²) < 4.78 is 7.34. The Morgan fingerprint density at radius 1 is 1.33 bits per heavy atom. The molecule has 1 rings (SSSR count). The number of rotatable bonds is 5. The molecule has 0 spiro atoms. The van der Waals surface area contributed by atoms with E-state index in [1.165, 1.54) is 11.3 Å². The minimum Gasteiger partial charge on any atom is -0.380 e. The van der Waals surface area contributed by atoms with Crippen LogP contribution in [0.4, 0.5) is 0 Å². The summed E-state index contributed by atoms with van der Waals surface area (Å²) in [6, 6.07) is 0. The second-order valence-electron chi connectivity index (χ2n) is 5.98. The molecule has 1 aromatic heterocycles. The Bertz CT molecular complexity index is 390. The minimum absolute atomic E-state index is 0.126. The van der Waals surface area contributed by atoms with Gasteiger partial charge in [0.25, 0.3) is 0 Å². The first-order valence-corrected chi connectivity index (χ1v) is 6.55. The lowest BCUT2D eigenvalue weighted by Crippen LogP contribution is -2.35. The SMILES string of the molecule is COC(C)Cn1nc(C)c(CNC(C)(C)C)c1C. The molecule has 0 saturated heterocycles. The van der Waals surface area contributed by atoms with Crippen LogP contribution in [0.3, 0.4) is 0 Å². The van der Waals surface area contributed by atoms with E-state index in [1.807, 2.05) is 4.68 Å². The normalized spacial score (nSPS) is 13.9. The van der Waals surface area contributed by atoms with Crippen LogP contribution in [0, 0.1) is 13.8 Å². The molecule has 0 bridgehead atoms. The number of ether oxygens (including phenoxy) is 1. The van der Waals surface area contributed by atoms with Crippen LogP contribution >= 0.6 is 0 Å². The van der Waals surface area contributed by atoms with Gasteiger partial charge in [0.2, 0.25) is 0 Å². The van der Waals surface area contributed by atoms with Gasteiger partial charge in [0.05, 0.1) is 18.3 Å². The highest BCUT2D eigenvalue weighted by molar-refractivity contribution is 5.24. The van der Waals surface area contributed by atoms with Crippen LogP contribution < -0.4 is 5.32 Å². The zero-order chi connectivity index (χ0) is 13.9. The van der Waals surface area contributed by atoms with Crippen molar-refractivity contribution < 1.29 is 4.74 Å². The van der Waals surface area contributed by atoms with E-state index in [2.05, 4.69) is 52.0 Å². The first kappa shape index (κ1) is 15.2. The lowest BCUT2D eigenvalue weighted by atomic mass is 10.1. The van der Waals surface area contributed by atoms with E-state index in [1.54, 1.807) is 7.11 Å². The number of nitrogens with one attached hydrogen (secondary N) is 1. The molecule has 0 radical (unpaired) electrons. The number of hydrogen-bond acceptors (Lipinski definition) is 3. The number of hydrogen-bond donors (Lipinski definition) is 1. The summed E-state index contributed by atoms with van der Waals surface area (Å²) in [5, 5.41) is 8.11. The summed E-state index contributed by atoms with van der Waals surface area (Å²) in [6.07, 6.45) is 0.187. The van der Waals surface area contributed by atoms with Crippen molar-refractivity contribution in [3.05, 3.63) is 17.0 Å². The summed E-state index contributed by atoms with van der Waals surface area (Å²) in [5.74, 6) is 0. The fourth-order valence-electron chi connectivity index (χ4n) is 1.84. The summed E-state index contributed by atoms with van der Waals surface area (Å²) in [7, 11) is 1.73. The Hall–Kier alpha value is -0.870. The van der Waals surface area contributed by atoms with E-state index in [0.717, 1.165) is 18.8 Å². The first-order chi connectivity index (χ1) is 8.24. The van der Waals surface area contributed by atoms with Crippen molar-refractivity contribution in [2.75, 3.05) is 7.11 Å². The standard InChI is InChI=1S/C14H27N3O/c1-10(18-7)9-17-12(3)13(11(2)16-17)8-15-14(4,5)6/h10,15H,8-9H2,1-7H3. The van der Waals surface area contributed by atoms with E-state index < -0.39 is 0 Å². The van der Waals surface area contributed by atoms with Gasteiger partial charge in [0, 0.05) is 30.5 Å². The van der Waals surface area contributed by atoms with Crippen LogP contribution in [0.5, 0.6) is 0 Å². The maximum Gasteiger partial charge on any atom is 0.0739 e. The zero-order valence-electron chi connectivity index (χ0n) is 12.8. The monoisotopic (exact) mass is 253 g/mol. The van der Waals surface area contributed by atoms with Gasteiger partial charge < -0.3 is 10.1 Å². The van der Waals surface area contributed by atoms with Crippen molar-refractivity contribution in [3.8, 4) is 0 Å². The fourth-order valence-corrected chi connectivity index (χ4v) is 1.84. The van der Waals surface area contributed by atoms with Crippen LogP contribution in [-0.4, -0.2) is 28.5 Å². The molecule has 4 nitrogen and oxygen atoms in total. The molecule has 0 saturated carbocycles. The number of nitrogens with zero attached hydrogens (tertiary/aromatic N) is 2. The molecule has 0 aliphatic rings. The van der Waals surface area contributed by atoms with E-state index in [0.29, 0.717) is 0 Å². The third kappa shape index (κ3) is 4.10. The van der Waals surface area contributed by atoms with Gasteiger partial charge in [-0.05, 0) is 41.5 Å². The molecule has 1 aromatic rings. The van der Waals surface area contributed by atoms with E-state index in [9.17, 15) is 0 Å². The Kier molecular flexibility index (Phi) is 4.93. The van der Waals surface area contributed by atoms with Gasteiger partial charge in [-0.3, -0.25) is 4.68 Å². The van der Waals surface area contributed by atoms with Crippen molar-refractivity contribution in [2.24, 2.45) is 0 Å². The largest absolute Gasteiger partial charge is 0.380 e. The predicted molar refractivity (Wildman–Crippen MR) is 74.8 cm³/mol. The first-order valence-electron chi connectivity index (χ1n) is 6.55. The van der Waals surface area contributed by atoms with E-state index >= 15 is 0 Å². The smallest absolute Gasteiger partial charge is 0.0739 e. The third-order valence-corrected chi connectivity index (χ3v) is 3.16. The summed E-state index contributed by atoms with van der Waals surface area (Å²) in [6.45, 7) is 14.5. The highest BCUT2D eigenvalue weighted by Gasteiger charge is 2.15. The van der Waals surface area contributed by atoms with Crippen molar-refractivity contribution in [2.45, 2.75) is 66.3 Å². The van der Waals surface area contributed by atoms with Gasteiger partial charge in [0.15, 0.2) is 0 Å².